The van der Waals surface area contributed by atoms with Gasteiger partial charge < -0.3 is 15.8 Å². The minimum atomic E-state index is -0.469. The van der Waals surface area contributed by atoms with Gasteiger partial charge >= 0.3 is 0 Å². The summed E-state index contributed by atoms with van der Waals surface area (Å²) in [6.07, 6.45) is 1.73. The highest BCUT2D eigenvalue weighted by molar-refractivity contribution is 5.94. The predicted molar refractivity (Wildman–Crippen MR) is 73.1 cm³/mol. The van der Waals surface area contributed by atoms with E-state index in [0.717, 1.165) is 5.69 Å². The molecule has 98 valence electrons. The summed E-state index contributed by atoms with van der Waals surface area (Å²) in [6.45, 7) is 0.541. The van der Waals surface area contributed by atoms with Crippen molar-refractivity contribution < 1.29 is 9.53 Å². The fourth-order valence-corrected chi connectivity index (χ4v) is 1.69. The summed E-state index contributed by atoms with van der Waals surface area (Å²) in [4.78, 5) is 15.4. The Hall–Kier alpha value is -2.56. The zero-order valence-corrected chi connectivity index (χ0v) is 10.6. The first-order chi connectivity index (χ1) is 9.20. The van der Waals surface area contributed by atoms with Gasteiger partial charge in [0.25, 0.3) is 0 Å². The molecule has 5 nitrogen and oxygen atoms in total. The first kappa shape index (κ1) is 12.9. The Morgan fingerprint density at radius 2 is 2.21 bits per heavy atom. The van der Waals surface area contributed by atoms with E-state index in [2.05, 4.69) is 10.3 Å². The van der Waals surface area contributed by atoms with Gasteiger partial charge in [0, 0.05) is 11.8 Å². The Morgan fingerprint density at radius 3 is 2.84 bits per heavy atom. The Balaban J connectivity index is 2.18. The molecule has 0 radical (unpaired) electrons. The van der Waals surface area contributed by atoms with Gasteiger partial charge in [-0.3, -0.25) is 9.78 Å². The van der Waals surface area contributed by atoms with Crippen LogP contribution in [0.4, 0.5) is 5.69 Å². The maximum absolute atomic E-state index is 11.2. The molecule has 0 aliphatic carbocycles. The number of nitrogens with zero attached hydrogens (tertiary/aromatic N) is 1. The molecule has 19 heavy (non-hydrogen) atoms. The number of rotatable bonds is 5. The van der Waals surface area contributed by atoms with Crippen LogP contribution >= 0.6 is 0 Å². The molecule has 5 heteroatoms. The summed E-state index contributed by atoms with van der Waals surface area (Å²) in [5.41, 5.74) is 7.31. The van der Waals surface area contributed by atoms with Crippen molar-refractivity contribution in [3.05, 3.63) is 53.9 Å². The van der Waals surface area contributed by atoms with E-state index in [4.69, 9.17) is 10.5 Å². The van der Waals surface area contributed by atoms with Crippen molar-refractivity contribution in [3.63, 3.8) is 0 Å². The largest absolute Gasteiger partial charge is 0.495 e. The van der Waals surface area contributed by atoms with Crippen LogP contribution < -0.4 is 15.8 Å². The lowest BCUT2D eigenvalue weighted by Gasteiger charge is -2.11. The average Bonchev–Trinajstić information content (AvgIpc) is 2.45. The van der Waals surface area contributed by atoms with Crippen LogP contribution in [0.25, 0.3) is 0 Å². The first-order valence-corrected chi connectivity index (χ1v) is 5.82. The molecule has 2 aromatic rings. The lowest BCUT2D eigenvalue weighted by atomic mass is 10.1. The van der Waals surface area contributed by atoms with Crippen molar-refractivity contribution in [2.24, 2.45) is 5.73 Å². The fourth-order valence-electron chi connectivity index (χ4n) is 1.69. The summed E-state index contributed by atoms with van der Waals surface area (Å²) in [5.74, 6) is 0.185. The molecule has 0 bridgehead atoms. The third kappa shape index (κ3) is 3.22. The van der Waals surface area contributed by atoms with Gasteiger partial charge in [-0.15, -0.1) is 0 Å². The Morgan fingerprint density at radius 1 is 1.37 bits per heavy atom. The molecule has 3 N–H and O–H groups in total. The highest BCUT2D eigenvalue weighted by Crippen LogP contribution is 2.25. The normalized spacial score (nSPS) is 9.95. The molecule has 1 aromatic heterocycles. The summed E-state index contributed by atoms with van der Waals surface area (Å²) in [7, 11) is 1.57. The highest BCUT2D eigenvalue weighted by atomic mass is 16.5. The second-order valence-corrected chi connectivity index (χ2v) is 3.95. The molecule has 2 rings (SSSR count). The summed E-state index contributed by atoms with van der Waals surface area (Å²) in [5, 5.41) is 3.18. The molecular weight excluding hydrogens is 242 g/mol. The van der Waals surface area contributed by atoms with Crippen molar-refractivity contribution in [3.8, 4) is 5.75 Å². The fraction of sp³-hybridized carbons (Fsp3) is 0.143. The van der Waals surface area contributed by atoms with Gasteiger partial charge in [-0.1, -0.05) is 6.07 Å². The maximum Gasteiger partial charge on any atom is 0.248 e. The van der Waals surface area contributed by atoms with Gasteiger partial charge in [0.15, 0.2) is 0 Å². The zero-order chi connectivity index (χ0) is 13.7. The van der Waals surface area contributed by atoms with Crippen LogP contribution in [0.2, 0.25) is 0 Å². The lowest BCUT2D eigenvalue weighted by Crippen LogP contribution is -2.12. The smallest absolute Gasteiger partial charge is 0.248 e. The van der Waals surface area contributed by atoms with Gasteiger partial charge in [0.2, 0.25) is 5.91 Å². The predicted octanol–water partition coefficient (Wildman–Crippen LogP) is 1.80. The molecule has 0 atom stereocenters. The first-order valence-electron chi connectivity index (χ1n) is 5.82. The maximum atomic E-state index is 11.2. The van der Waals surface area contributed by atoms with Gasteiger partial charge in [0.1, 0.15) is 5.75 Å². The van der Waals surface area contributed by atoms with Crippen LogP contribution in [0.3, 0.4) is 0 Å². The Bertz CT molecular complexity index is 570. The summed E-state index contributed by atoms with van der Waals surface area (Å²) >= 11 is 0. The van der Waals surface area contributed by atoms with Crippen LogP contribution in [-0.4, -0.2) is 18.0 Å². The number of anilines is 1. The van der Waals surface area contributed by atoms with E-state index in [0.29, 0.717) is 23.5 Å². The van der Waals surface area contributed by atoms with E-state index in [1.54, 1.807) is 31.5 Å². The van der Waals surface area contributed by atoms with Crippen molar-refractivity contribution >= 4 is 11.6 Å². The Labute approximate surface area is 111 Å². The number of pyridine rings is 1. The summed E-state index contributed by atoms with van der Waals surface area (Å²) < 4.78 is 5.23. The van der Waals surface area contributed by atoms with Gasteiger partial charge in [-0.05, 0) is 30.3 Å². The summed E-state index contributed by atoms with van der Waals surface area (Å²) in [6, 6.07) is 10.7. The van der Waals surface area contributed by atoms with Crippen molar-refractivity contribution in [1.82, 2.24) is 4.98 Å². The van der Waals surface area contributed by atoms with E-state index >= 15 is 0 Å². The SMILES string of the molecule is COc1ccc(C(N)=O)cc1NCc1ccccn1. The van der Waals surface area contributed by atoms with E-state index in [-0.39, 0.29) is 0 Å². The molecule has 0 saturated heterocycles. The zero-order valence-electron chi connectivity index (χ0n) is 10.6. The molecule has 0 fully saturated rings. The number of aromatic nitrogens is 1. The van der Waals surface area contributed by atoms with Crippen molar-refractivity contribution in [1.29, 1.82) is 0 Å². The van der Waals surface area contributed by atoms with Gasteiger partial charge in [-0.2, -0.15) is 0 Å². The number of ether oxygens (including phenoxy) is 1. The number of methoxy groups -OCH3 is 1. The van der Waals surface area contributed by atoms with Crippen LogP contribution in [0, 0.1) is 0 Å². The monoisotopic (exact) mass is 257 g/mol. The average molecular weight is 257 g/mol. The number of carbonyl (C=O) groups is 1. The molecule has 0 spiro atoms. The second kappa shape index (κ2) is 5.86. The Kier molecular flexibility index (Phi) is 3.97. The topological polar surface area (TPSA) is 77.2 Å². The molecular formula is C14H15N3O2. The number of benzene rings is 1. The third-order valence-corrected chi connectivity index (χ3v) is 2.67. The second-order valence-electron chi connectivity index (χ2n) is 3.95. The molecule has 1 aromatic carbocycles. The van der Waals surface area contributed by atoms with E-state index in [1.165, 1.54) is 0 Å². The third-order valence-electron chi connectivity index (χ3n) is 2.67. The lowest BCUT2D eigenvalue weighted by molar-refractivity contribution is 0.100. The number of hydrogen-bond donors (Lipinski definition) is 2. The van der Waals surface area contributed by atoms with Gasteiger partial charge in [0.05, 0.1) is 25.0 Å². The van der Waals surface area contributed by atoms with E-state index in [9.17, 15) is 4.79 Å². The number of nitrogens with one attached hydrogen (secondary N) is 1. The number of primary amides is 1. The van der Waals surface area contributed by atoms with E-state index in [1.807, 2.05) is 18.2 Å². The number of hydrogen-bond acceptors (Lipinski definition) is 4. The van der Waals surface area contributed by atoms with Gasteiger partial charge in [-0.25, -0.2) is 0 Å². The molecule has 0 saturated carbocycles. The van der Waals surface area contributed by atoms with Crippen molar-refractivity contribution in [2.75, 3.05) is 12.4 Å². The number of amides is 1. The minimum Gasteiger partial charge on any atom is -0.495 e. The van der Waals surface area contributed by atoms with Crippen LogP contribution in [0.15, 0.2) is 42.6 Å². The molecule has 1 heterocycles. The molecule has 0 unspecified atom stereocenters. The van der Waals surface area contributed by atoms with Crippen LogP contribution in [0.1, 0.15) is 16.1 Å². The van der Waals surface area contributed by atoms with Crippen LogP contribution in [-0.2, 0) is 6.54 Å². The molecule has 0 aliphatic rings. The van der Waals surface area contributed by atoms with Crippen LogP contribution in [0.5, 0.6) is 5.75 Å². The molecule has 1 amide bonds. The van der Waals surface area contributed by atoms with Crippen molar-refractivity contribution in [2.45, 2.75) is 6.54 Å². The molecule has 0 aliphatic heterocycles. The highest BCUT2D eigenvalue weighted by Gasteiger charge is 2.07. The quantitative estimate of drug-likeness (QED) is 0.856. The standard InChI is InChI=1S/C14H15N3O2/c1-19-13-6-5-10(14(15)18)8-12(13)17-9-11-4-2-3-7-16-11/h2-8,17H,9H2,1H3,(H2,15,18). The minimum absolute atomic E-state index is 0.435. The number of carbonyl (C=O) groups excluding carboxylic acids is 1. The number of nitrogens with two attached hydrogens (primary N) is 1. The van der Waals surface area contributed by atoms with E-state index < -0.39 is 5.91 Å².